The average molecular weight is 783 g/mol. The molecule has 1 N–H and O–H groups in total. The van der Waals surface area contributed by atoms with Gasteiger partial charge in [0.25, 0.3) is 0 Å². The number of carbonyl (C=O) groups excluding carboxylic acids is 1. The van der Waals surface area contributed by atoms with E-state index in [1.165, 1.54) is 41.9 Å². The minimum atomic E-state index is -4.13. The maximum Gasteiger partial charge on any atom is 0.387 e. The van der Waals surface area contributed by atoms with Crippen LogP contribution in [0.25, 0.3) is 0 Å². The zero-order valence-corrected chi connectivity index (χ0v) is 29.7. The van der Waals surface area contributed by atoms with E-state index in [-0.39, 0.29) is 70.0 Å². The highest BCUT2D eigenvalue weighted by Crippen LogP contribution is 2.39. The molecule has 2 heterocycles. The van der Waals surface area contributed by atoms with Gasteiger partial charge >= 0.3 is 12.6 Å². The summed E-state index contributed by atoms with van der Waals surface area (Å²) in [5.41, 5.74) is 0.729. The number of morpholine rings is 1. The zero-order valence-electron chi connectivity index (χ0n) is 25.8. The van der Waals surface area contributed by atoms with Crippen molar-refractivity contribution in [3.63, 3.8) is 0 Å². The fourth-order valence-corrected chi connectivity index (χ4v) is 9.06. The van der Waals surface area contributed by atoms with E-state index in [1.54, 1.807) is 0 Å². The normalized spacial score (nSPS) is 17.9. The molecule has 2 fully saturated rings. The second kappa shape index (κ2) is 16.1. The number of halogens is 4. The Labute approximate surface area is 295 Å². The lowest BCUT2D eigenvalue weighted by Crippen LogP contribution is -2.47. The van der Waals surface area contributed by atoms with Crippen LogP contribution in [0.5, 0.6) is 11.5 Å². The number of nitrogens with zero attached hydrogens (tertiary/aromatic N) is 2. The minimum Gasteiger partial charge on any atom is -0.489 e. The summed E-state index contributed by atoms with van der Waals surface area (Å²) in [5.74, 6) is -0.737. The van der Waals surface area contributed by atoms with E-state index in [1.807, 2.05) is 0 Å². The third-order valence-corrected chi connectivity index (χ3v) is 13.1. The van der Waals surface area contributed by atoms with Gasteiger partial charge < -0.3 is 18.9 Å². The maximum atomic E-state index is 13.8. The lowest BCUT2D eigenvalue weighted by molar-refractivity contribution is -0.158. The van der Waals surface area contributed by atoms with Crippen molar-refractivity contribution in [2.24, 2.45) is 5.92 Å². The summed E-state index contributed by atoms with van der Waals surface area (Å²) in [4.78, 5) is 17.5. The molecule has 1 aromatic heterocycles. The Balaban J connectivity index is 1.41. The van der Waals surface area contributed by atoms with Gasteiger partial charge in [-0.2, -0.15) is 8.78 Å². The molecule has 2 aromatic carbocycles. The Morgan fingerprint density at radius 3 is 2.37 bits per heavy atom. The number of aromatic nitrogens is 1. The van der Waals surface area contributed by atoms with Gasteiger partial charge in [0.1, 0.15) is 12.1 Å². The molecule has 12 nitrogen and oxygen atoms in total. The van der Waals surface area contributed by atoms with Crippen molar-refractivity contribution in [2.75, 3.05) is 33.4 Å². The number of nitrogens with one attached hydrogen (secondary N) is 1. The van der Waals surface area contributed by atoms with Crippen molar-refractivity contribution in [3.8, 4) is 11.5 Å². The topological polar surface area (TPSA) is 150 Å². The van der Waals surface area contributed by atoms with E-state index in [0.29, 0.717) is 22.1 Å². The number of rotatable bonds is 15. The number of benzene rings is 2. The number of carbonyl (C=O) groups is 1. The predicted molar refractivity (Wildman–Crippen MR) is 177 cm³/mol. The van der Waals surface area contributed by atoms with Gasteiger partial charge in [0.2, 0.25) is 18.9 Å². The second-order valence-electron chi connectivity index (χ2n) is 11.0. The highest BCUT2D eigenvalue weighted by molar-refractivity contribution is 8.71. The number of alkyl halides is 2. The molecule has 49 heavy (non-hydrogen) atoms. The van der Waals surface area contributed by atoms with Gasteiger partial charge in [0.15, 0.2) is 11.5 Å². The van der Waals surface area contributed by atoms with Gasteiger partial charge in [0, 0.05) is 25.4 Å². The number of esters is 1. The van der Waals surface area contributed by atoms with E-state index in [0.717, 1.165) is 37.1 Å². The molecular formula is C30H31Cl2F2N3O9S3. The molecule has 266 valence electrons. The monoisotopic (exact) mass is 781 g/mol. The Morgan fingerprint density at radius 1 is 1.06 bits per heavy atom. The summed E-state index contributed by atoms with van der Waals surface area (Å²) < 4.78 is 103. The molecular weight excluding hydrogens is 751 g/mol. The summed E-state index contributed by atoms with van der Waals surface area (Å²) in [6, 6.07) is 7.59. The number of sulfonamides is 1. The van der Waals surface area contributed by atoms with E-state index >= 15 is 0 Å². The van der Waals surface area contributed by atoms with E-state index in [4.69, 9.17) is 37.4 Å². The van der Waals surface area contributed by atoms with Crippen LogP contribution in [-0.2, 0) is 39.6 Å². The molecule has 1 saturated carbocycles. The fraction of sp³-hybridized carbons (Fsp3) is 0.400. The van der Waals surface area contributed by atoms with Gasteiger partial charge in [-0.05, 0) is 73.3 Å². The first kappa shape index (κ1) is 37.5. The first-order valence-electron chi connectivity index (χ1n) is 14.8. The van der Waals surface area contributed by atoms with E-state index < -0.39 is 43.6 Å². The van der Waals surface area contributed by atoms with Crippen LogP contribution in [0.15, 0.2) is 64.6 Å². The molecule has 1 unspecified atom stereocenters. The number of ether oxygens (including phenoxy) is 4. The standard InChI is InChI=1S/C30H31Cl2F2N3O9S3/c1-35-48(39,40)20-5-7-21(8-6-20)49(41,42)47-37-10-11-43-17-25(37)29(38)45-27(13-22-23(31)14-36-15-24(22)32)19-4-9-26(46-30(33)34)28(12-19)44-16-18-2-3-18/h4-9,12,14-15,18,25,27,30,35H,2-3,10-11,13,16-17H2,1H3/t25?,27-/m0/s1. The number of hydrogen-bond donors (Lipinski definition) is 1. The summed E-state index contributed by atoms with van der Waals surface area (Å²) in [5, 5.41) is 0.378. The highest BCUT2D eigenvalue weighted by atomic mass is 35.5. The van der Waals surface area contributed by atoms with E-state index in [2.05, 4.69) is 14.4 Å². The number of pyridine rings is 1. The van der Waals surface area contributed by atoms with Crippen LogP contribution in [-0.4, -0.2) is 78.2 Å². The molecule has 19 heteroatoms. The van der Waals surface area contributed by atoms with Gasteiger partial charge in [-0.15, -0.1) is 0 Å². The van der Waals surface area contributed by atoms with Crippen molar-refractivity contribution in [1.82, 2.24) is 14.0 Å². The SMILES string of the molecule is CNS(=O)(=O)c1ccc(S(=O)(=O)SN2CCOCC2C(=O)O[C@@H](Cc2c(Cl)cncc2Cl)c2ccc(OC(F)F)c(OCC3CC3)c2)cc1. The van der Waals surface area contributed by atoms with Gasteiger partial charge in [-0.1, -0.05) is 29.3 Å². The van der Waals surface area contributed by atoms with Crippen molar-refractivity contribution in [2.45, 2.75) is 47.8 Å². The lowest BCUT2D eigenvalue weighted by atomic mass is 10.0. The van der Waals surface area contributed by atoms with Gasteiger partial charge in [-0.3, -0.25) is 9.78 Å². The van der Waals surface area contributed by atoms with Gasteiger partial charge in [-0.25, -0.2) is 25.9 Å². The Hall–Kier alpha value is -2.77. The molecule has 3 aromatic rings. The summed E-state index contributed by atoms with van der Waals surface area (Å²) >= 11 is 12.8. The van der Waals surface area contributed by atoms with Gasteiger partial charge in [0.05, 0.1) is 50.6 Å². The maximum absolute atomic E-state index is 13.8. The Kier molecular flexibility index (Phi) is 12.3. The Bertz CT molecular complexity index is 1850. The average Bonchev–Trinajstić information content (AvgIpc) is 3.90. The van der Waals surface area contributed by atoms with Crippen LogP contribution in [0.1, 0.15) is 30.1 Å². The second-order valence-corrected chi connectivity index (χ2v) is 17.5. The first-order valence-corrected chi connectivity index (χ1v) is 19.8. The zero-order chi connectivity index (χ0) is 35.3. The molecule has 1 aliphatic heterocycles. The first-order chi connectivity index (χ1) is 23.3. The molecule has 1 saturated heterocycles. The summed E-state index contributed by atoms with van der Waals surface area (Å²) in [7, 11) is -6.30. The third kappa shape index (κ3) is 9.72. The Morgan fingerprint density at radius 2 is 1.73 bits per heavy atom. The van der Waals surface area contributed by atoms with E-state index in [9.17, 15) is 30.4 Å². The van der Waals surface area contributed by atoms with Crippen LogP contribution in [0.4, 0.5) is 8.78 Å². The van der Waals surface area contributed by atoms with Crippen molar-refractivity contribution in [1.29, 1.82) is 0 Å². The molecule has 1 aliphatic carbocycles. The van der Waals surface area contributed by atoms with Crippen LogP contribution in [0, 0.1) is 5.92 Å². The van der Waals surface area contributed by atoms with Crippen molar-refractivity contribution < 1.29 is 49.4 Å². The molecule has 5 rings (SSSR count). The van der Waals surface area contributed by atoms with Crippen LogP contribution >= 0.6 is 34.2 Å². The largest absolute Gasteiger partial charge is 0.489 e. The number of hydrogen-bond acceptors (Lipinski definition) is 12. The molecule has 0 bridgehead atoms. The summed E-state index contributed by atoms with van der Waals surface area (Å²) in [6.45, 7) is -2.89. The van der Waals surface area contributed by atoms with Crippen LogP contribution in [0.2, 0.25) is 10.0 Å². The third-order valence-electron chi connectivity index (χ3n) is 7.56. The highest BCUT2D eigenvalue weighted by Gasteiger charge is 2.37. The molecule has 0 spiro atoms. The van der Waals surface area contributed by atoms with Crippen molar-refractivity contribution >= 4 is 59.0 Å². The molecule has 2 atom stereocenters. The summed E-state index contributed by atoms with van der Waals surface area (Å²) in [6.07, 6.45) is 3.45. The fourth-order valence-electron chi connectivity index (χ4n) is 4.72. The van der Waals surface area contributed by atoms with Crippen molar-refractivity contribution in [3.05, 3.63) is 76.0 Å². The van der Waals surface area contributed by atoms with Crippen LogP contribution < -0.4 is 14.2 Å². The smallest absolute Gasteiger partial charge is 0.387 e. The molecule has 2 aliphatic rings. The van der Waals surface area contributed by atoms with Crippen LogP contribution in [0.3, 0.4) is 0 Å². The minimum absolute atomic E-state index is 0.0236. The quantitative estimate of drug-likeness (QED) is 0.122. The lowest BCUT2D eigenvalue weighted by Gasteiger charge is -2.33. The predicted octanol–water partition coefficient (Wildman–Crippen LogP) is 5.25. The molecule has 0 radical (unpaired) electrons. The molecule has 0 amide bonds.